The number of aromatic carboxylic acids is 1. The molecule has 154 valence electrons. The number of nitrogens with one attached hydrogen (secondary N) is 2. The van der Waals surface area contributed by atoms with Gasteiger partial charge in [0.05, 0.1) is 5.69 Å². The van der Waals surface area contributed by atoms with Gasteiger partial charge in [0.15, 0.2) is 5.13 Å². The Kier molecular flexibility index (Phi) is 5.93. The fraction of sp³-hybridized carbons (Fsp3) is 0.143. The zero-order valence-electron chi connectivity index (χ0n) is 16.1. The molecule has 3 rings (SSSR count). The molecule has 7 nitrogen and oxygen atoms in total. The third-order valence-electron chi connectivity index (χ3n) is 4.19. The Labute approximate surface area is 175 Å². The van der Waals surface area contributed by atoms with Crippen LogP contribution in [-0.2, 0) is 4.79 Å². The van der Waals surface area contributed by atoms with Gasteiger partial charge in [0, 0.05) is 11.1 Å². The average Bonchev–Trinajstić information content (AvgIpc) is 3.13. The molecule has 0 saturated heterocycles. The minimum atomic E-state index is -1.34. The molecule has 0 spiro atoms. The third kappa shape index (κ3) is 4.69. The predicted molar refractivity (Wildman–Crippen MR) is 111 cm³/mol. The maximum Gasteiger partial charge on any atom is 0.348 e. The lowest BCUT2D eigenvalue weighted by atomic mass is 10.0. The first-order valence-corrected chi connectivity index (χ1v) is 9.68. The summed E-state index contributed by atoms with van der Waals surface area (Å²) in [5, 5.41) is 14.7. The van der Waals surface area contributed by atoms with Crippen molar-refractivity contribution in [3.8, 4) is 11.3 Å². The van der Waals surface area contributed by atoms with Crippen LogP contribution in [0.5, 0.6) is 0 Å². The van der Waals surface area contributed by atoms with Gasteiger partial charge in [0.2, 0.25) is 0 Å². The van der Waals surface area contributed by atoms with Gasteiger partial charge in [-0.25, -0.2) is 14.2 Å². The number of nitrogens with zero attached hydrogens (tertiary/aromatic N) is 1. The van der Waals surface area contributed by atoms with E-state index < -0.39 is 29.1 Å². The van der Waals surface area contributed by atoms with E-state index in [1.165, 1.54) is 26.0 Å². The summed E-state index contributed by atoms with van der Waals surface area (Å²) in [7, 11) is 0. The van der Waals surface area contributed by atoms with Crippen LogP contribution in [0.3, 0.4) is 0 Å². The smallest absolute Gasteiger partial charge is 0.348 e. The molecule has 0 fully saturated rings. The fourth-order valence-corrected chi connectivity index (χ4v) is 3.40. The molecule has 0 bridgehead atoms. The van der Waals surface area contributed by atoms with Gasteiger partial charge in [-0.2, -0.15) is 0 Å². The summed E-state index contributed by atoms with van der Waals surface area (Å²) in [5.74, 6) is -2.76. The summed E-state index contributed by atoms with van der Waals surface area (Å²) < 4.78 is 13.0. The number of carboxylic acid groups (broad SMARTS) is 1. The number of carbonyl (C=O) groups is 3. The van der Waals surface area contributed by atoms with Crippen molar-refractivity contribution in [1.29, 1.82) is 0 Å². The van der Waals surface area contributed by atoms with Crippen LogP contribution in [0.25, 0.3) is 11.3 Å². The van der Waals surface area contributed by atoms with Crippen molar-refractivity contribution in [3.05, 3.63) is 70.9 Å². The Hall–Kier alpha value is -3.59. The lowest BCUT2D eigenvalue weighted by Gasteiger charge is -2.24. The number of halogens is 1. The zero-order chi connectivity index (χ0) is 21.9. The minimum Gasteiger partial charge on any atom is -0.477 e. The zero-order valence-corrected chi connectivity index (χ0v) is 16.9. The summed E-state index contributed by atoms with van der Waals surface area (Å²) in [6, 6.07) is 13.7. The van der Waals surface area contributed by atoms with Crippen LogP contribution in [0.2, 0.25) is 0 Å². The molecule has 0 atom stereocenters. The van der Waals surface area contributed by atoms with E-state index in [2.05, 4.69) is 15.6 Å². The van der Waals surface area contributed by atoms with Gasteiger partial charge in [-0.1, -0.05) is 41.7 Å². The van der Waals surface area contributed by atoms with Crippen molar-refractivity contribution >= 4 is 34.3 Å². The quantitative estimate of drug-likeness (QED) is 0.555. The summed E-state index contributed by atoms with van der Waals surface area (Å²) >= 11 is 0.827. The highest BCUT2D eigenvalue weighted by atomic mass is 32.1. The number of carboxylic acids is 1. The molecule has 30 heavy (non-hydrogen) atoms. The SMILES string of the molecule is CC(C)(NC(=O)c1ccc(F)cc1)C(=O)Nc1nc(-c2ccccc2)c(C(=O)O)s1. The van der Waals surface area contributed by atoms with Crippen LogP contribution in [0.4, 0.5) is 9.52 Å². The van der Waals surface area contributed by atoms with Crippen LogP contribution in [0.15, 0.2) is 54.6 Å². The second-order valence-corrected chi connectivity index (χ2v) is 7.91. The van der Waals surface area contributed by atoms with Gasteiger partial charge in [0.25, 0.3) is 11.8 Å². The van der Waals surface area contributed by atoms with Crippen molar-refractivity contribution in [2.45, 2.75) is 19.4 Å². The lowest BCUT2D eigenvalue weighted by molar-refractivity contribution is -0.120. The molecule has 0 radical (unpaired) electrons. The van der Waals surface area contributed by atoms with Gasteiger partial charge in [-0.3, -0.25) is 14.9 Å². The molecule has 2 aromatic carbocycles. The Bertz CT molecular complexity index is 1100. The Morgan fingerprint density at radius 3 is 2.27 bits per heavy atom. The van der Waals surface area contributed by atoms with Crippen molar-refractivity contribution in [1.82, 2.24) is 10.3 Å². The fourth-order valence-electron chi connectivity index (χ4n) is 2.58. The van der Waals surface area contributed by atoms with Crippen LogP contribution < -0.4 is 10.6 Å². The van der Waals surface area contributed by atoms with E-state index in [0.29, 0.717) is 5.56 Å². The lowest BCUT2D eigenvalue weighted by Crippen LogP contribution is -2.52. The normalized spacial score (nSPS) is 11.0. The second kappa shape index (κ2) is 8.42. The Morgan fingerprint density at radius 2 is 1.67 bits per heavy atom. The van der Waals surface area contributed by atoms with E-state index >= 15 is 0 Å². The van der Waals surface area contributed by atoms with Crippen LogP contribution >= 0.6 is 11.3 Å². The van der Waals surface area contributed by atoms with E-state index in [-0.39, 0.29) is 21.3 Å². The maximum atomic E-state index is 13.0. The summed E-state index contributed by atoms with van der Waals surface area (Å²) in [6.45, 7) is 2.99. The number of anilines is 1. The monoisotopic (exact) mass is 427 g/mol. The highest BCUT2D eigenvalue weighted by Crippen LogP contribution is 2.31. The van der Waals surface area contributed by atoms with Gasteiger partial charge >= 0.3 is 5.97 Å². The van der Waals surface area contributed by atoms with Gasteiger partial charge < -0.3 is 10.4 Å². The standard InChI is InChI=1S/C21H18FN3O4S/c1-21(2,25-17(26)13-8-10-14(22)11-9-13)19(29)24-20-23-15(16(30-20)18(27)28)12-6-4-3-5-7-12/h3-11H,1-2H3,(H,25,26)(H,27,28)(H,23,24,29). The van der Waals surface area contributed by atoms with E-state index in [0.717, 1.165) is 23.5 Å². The summed E-state index contributed by atoms with van der Waals surface area (Å²) in [6.07, 6.45) is 0. The van der Waals surface area contributed by atoms with Crippen LogP contribution in [0.1, 0.15) is 33.9 Å². The molecule has 1 heterocycles. The van der Waals surface area contributed by atoms with Gasteiger partial charge in [0.1, 0.15) is 16.2 Å². The topological polar surface area (TPSA) is 108 Å². The van der Waals surface area contributed by atoms with Crippen LogP contribution in [0, 0.1) is 5.82 Å². The number of benzene rings is 2. The summed E-state index contributed by atoms with van der Waals surface area (Å²) in [4.78, 5) is 40.9. The highest BCUT2D eigenvalue weighted by Gasteiger charge is 2.31. The second-order valence-electron chi connectivity index (χ2n) is 6.91. The first-order valence-electron chi connectivity index (χ1n) is 8.86. The molecule has 3 N–H and O–H groups in total. The molecule has 0 aliphatic rings. The molecule has 3 aromatic rings. The molecule has 1 aromatic heterocycles. The average molecular weight is 427 g/mol. The van der Waals surface area contributed by atoms with E-state index in [9.17, 15) is 23.9 Å². The first kappa shape index (κ1) is 21.1. The number of aromatic nitrogens is 1. The van der Waals surface area contributed by atoms with E-state index in [1.54, 1.807) is 30.3 Å². The number of hydrogen-bond acceptors (Lipinski definition) is 5. The van der Waals surface area contributed by atoms with E-state index in [1.807, 2.05) is 0 Å². The number of amides is 2. The van der Waals surface area contributed by atoms with Crippen molar-refractivity contribution < 1.29 is 23.9 Å². The van der Waals surface area contributed by atoms with Gasteiger partial charge in [-0.15, -0.1) is 0 Å². The highest BCUT2D eigenvalue weighted by molar-refractivity contribution is 7.18. The minimum absolute atomic E-state index is 0.00958. The predicted octanol–water partition coefficient (Wildman–Crippen LogP) is 3.79. The molecule has 0 aliphatic heterocycles. The molecule has 0 aliphatic carbocycles. The Balaban J connectivity index is 1.78. The molecule has 9 heteroatoms. The molecule has 0 saturated carbocycles. The number of carbonyl (C=O) groups excluding carboxylic acids is 2. The van der Waals surface area contributed by atoms with Gasteiger partial charge in [-0.05, 0) is 38.1 Å². The number of hydrogen-bond donors (Lipinski definition) is 3. The summed E-state index contributed by atoms with van der Waals surface area (Å²) in [5.41, 5.74) is -0.286. The Morgan fingerprint density at radius 1 is 1.03 bits per heavy atom. The van der Waals surface area contributed by atoms with E-state index in [4.69, 9.17) is 0 Å². The largest absolute Gasteiger partial charge is 0.477 e. The molecular weight excluding hydrogens is 409 g/mol. The molecule has 2 amide bonds. The number of rotatable bonds is 6. The van der Waals surface area contributed by atoms with Crippen molar-refractivity contribution in [2.24, 2.45) is 0 Å². The van der Waals surface area contributed by atoms with Crippen molar-refractivity contribution in [2.75, 3.05) is 5.32 Å². The molecular formula is C21H18FN3O4S. The van der Waals surface area contributed by atoms with Crippen molar-refractivity contribution in [3.63, 3.8) is 0 Å². The molecule has 0 unspecified atom stereocenters. The maximum absolute atomic E-state index is 13.0. The third-order valence-corrected chi connectivity index (χ3v) is 5.15. The first-order chi connectivity index (χ1) is 14.2. The van der Waals surface area contributed by atoms with Crippen LogP contribution in [-0.4, -0.2) is 33.4 Å². The number of thiazole rings is 1.